The van der Waals surface area contributed by atoms with E-state index in [0.29, 0.717) is 0 Å². The number of nitrogens with zero attached hydrogens (tertiary/aromatic N) is 2. The molecule has 1 aromatic heterocycles. The molecule has 0 saturated heterocycles. The minimum Gasteiger partial charge on any atom is -0.258 e. The molecule has 0 atom stereocenters. The van der Waals surface area contributed by atoms with Gasteiger partial charge in [-0.1, -0.05) is 11.6 Å². The van der Waals surface area contributed by atoms with Crippen LogP contribution in [0.4, 0.5) is 5.69 Å². The molecule has 0 aliphatic heterocycles. The van der Waals surface area contributed by atoms with Crippen LogP contribution in [0, 0.1) is 10.1 Å². The number of hydrogen-bond donors (Lipinski definition) is 0. The Labute approximate surface area is 74.7 Å². The molecule has 0 bridgehead atoms. The van der Waals surface area contributed by atoms with Crippen molar-refractivity contribution in [3.05, 3.63) is 46.8 Å². The Balaban J connectivity index is 0.000000561. The topological polar surface area (TPSA) is 56.0 Å². The van der Waals surface area contributed by atoms with Gasteiger partial charge in [-0.05, 0) is 6.07 Å². The first-order valence-electron chi connectivity index (χ1n) is 2.96. The Morgan fingerprint density at radius 2 is 2.08 bits per heavy atom. The van der Waals surface area contributed by atoms with Gasteiger partial charge in [0.2, 0.25) is 0 Å². The van der Waals surface area contributed by atoms with Crippen molar-refractivity contribution in [3.8, 4) is 0 Å². The Bertz CT molecular complexity index is 261. The third-order valence-corrected chi connectivity index (χ3v) is 1.15. The quantitative estimate of drug-likeness (QED) is 0.293. The summed E-state index contributed by atoms with van der Waals surface area (Å²) in [7, 11) is 0. The Morgan fingerprint density at radius 1 is 1.50 bits per heavy atom. The van der Waals surface area contributed by atoms with Crippen LogP contribution in [0.5, 0.6) is 0 Å². The van der Waals surface area contributed by atoms with Gasteiger partial charge < -0.3 is 0 Å². The molecule has 0 N–H and O–H groups in total. The molecule has 1 aromatic rings. The number of nitro groups is 1. The molecule has 5 heteroatoms. The molecular weight excluding hydrogens is 180 g/mol. The number of hydrogen-bond acceptors (Lipinski definition) is 3. The predicted octanol–water partition coefficient (Wildman–Crippen LogP) is 2.45. The predicted molar refractivity (Wildman–Crippen MR) is 47.2 cm³/mol. The highest BCUT2D eigenvalue weighted by molar-refractivity contribution is 6.29. The van der Waals surface area contributed by atoms with Crippen molar-refractivity contribution >= 4 is 17.3 Å². The highest BCUT2D eigenvalue weighted by Crippen LogP contribution is 2.10. The molecule has 0 unspecified atom stereocenters. The zero-order valence-corrected chi connectivity index (χ0v) is 6.99. The average molecular weight is 187 g/mol. The minimum atomic E-state index is -0.524. The molecule has 64 valence electrons. The molecule has 12 heavy (non-hydrogen) atoms. The summed E-state index contributed by atoms with van der Waals surface area (Å²) in [5.74, 6) is 0. The maximum absolute atomic E-state index is 10.0. The molecule has 0 amide bonds. The van der Waals surface area contributed by atoms with Crippen LogP contribution in [0.2, 0.25) is 5.15 Å². The second-order valence-electron chi connectivity index (χ2n) is 1.60. The van der Waals surface area contributed by atoms with Crippen molar-refractivity contribution in [3.63, 3.8) is 0 Å². The van der Waals surface area contributed by atoms with Crippen LogP contribution in [-0.4, -0.2) is 9.91 Å². The normalized spacial score (nSPS) is 8.08. The first kappa shape index (κ1) is 10.6. The third kappa shape index (κ3) is 3.12. The molecule has 0 aliphatic carbocycles. The monoisotopic (exact) mass is 186 g/mol. The van der Waals surface area contributed by atoms with Crippen molar-refractivity contribution in [2.75, 3.05) is 0 Å². The Kier molecular flexibility index (Phi) is 4.64. The number of aromatic nitrogens is 1. The van der Waals surface area contributed by atoms with E-state index >= 15 is 0 Å². The SMILES string of the molecule is C=C.O=[N+]([O-])c1ccc(Cl)nc1. The van der Waals surface area contributed by atoms with Gasteiger partial charge in [-0.3, -0.25) is 10.1 Å². The minimum absolute atomic E-state index is 0.0515. The van der Waals surface area contributed by atoms with E-state index in [2.05, 4.69) is 18.1 Å². The fourth-order valence-electron chi connectivity index (χ4n) is 0.476. The molecule has 0 aromatic carbocycles. The zero-order valence-electron chi connectivity index (χ0n) is 6.24. The number of pyridine rings is 1. The maximum atomic E-state index is 10.0. The van der Waals surface area contributed by atoms with Crippen LogP contribution >= 0.6 is 11.6 Å². The van der Waals surface area contributed by atoms with Crippen molar-refractivity contribution in [2.24, 2.45) is 0 Å². The molecule has 1 heterocycles. The lowest BCUT2D eigenvalue weighted by Gasteiger charge is -1.88. The van der Waals surface area contributed by atoms with Gasteiger partial charge in [0, 0.05) is 6.07 Å². The Morgan fingerprint density at radius 3 is 2.42 bits per heavy atom. The van der Waals surface area contributed by atoms with Crippen LogP contribution in [0.3, 0.4) is 0 Å². The third-order valence-electron chi connectivity index (χ3n) is 0.923. The van der Waals surface area contributed by atoms with Gasteiger partial charge in [-0.25, -0.2) is 4.98 Å². The van der Waals surface area contributed by atoms with E-state index in [1.54, 1.807) is 0 Å². The lowest BCUT2D eigenvalue weighted by molar-refractivity contribution is -0.385. The van der Waals surface area contributed by atoms with Crippen molar-refractivity contribution in [1.82, 2.24) is 4.98 Å². The van der Waals surface area contributed by atoms with E-state index in [1.807, 2.05) is 0 Å². The van der Waals surface area contributed by atoms with Crippen molar-refractivity contribution < 1.29 is 4.92 Å². The molecular formula is C7H7ClN2O2. The largest absolute Gasteiger partial charge is 0.287 e. The van der Waals surface area contributed by atoms with Gasteiger partial charge in [0.1, 0.15) is 11.3 Å². The lowest BCUT2D eigenvalue weighted by atomic mass is 10.4. The molecule has 0 radical (unpaired) electrons. The van der Waals surface area contributed by atoms with E-state index in [1.165, 1.54) is 12.1 Å². The zero-order chi connectivity index (χ0) is 9.56. The van der Waals surface area contributed by atoms with Crippen LogP contribution in [0.1, 0.15) is 0 Å². The van der Waals surface area contributed by atoms with Crippen molar-refractivity contribution in [2.45, 2.75) is 0 Å². The second kappa shape index (κ2) is 5.26. The molecule has 0 saturated carbocycles. The first-order valence-corrected chi connectivity index (χ1v) is 3.34. The summed E-state index contributed by atoms with van der Waals surface area (Å²) in [5, 5.41) is 10.3. The fraction of sp³-hybridized carbons (Fsp3) is 0. The van der Waals surface area contributed by atoms with E-state index in [0.717, 1.165) is 6.20 Å². The first-order chi connectivity index (χ1) is 5.70. The lowest BCUT2D eigenvalue weighted by Crippen LogP contribution is -1.87. The average Bonchev–Trinajstić information content (AvgIpc) is 2.09. The van der Waals surface area contributed by atoms with E-state index in [-0.39, 0.29) is 10.8 Å². The Hall–Kier alpha value is -1.42. The summed E-state index contributed by atoms with van der Waals surface area (Å²) in [6.45, 7) is 6.00. The second-order valence-corrected chi connectivity index (χ2v) is 1.98. The summed E-state index contributed by atoms with van der Waals surface area (Å²) in [4.78, 5) is 13.0. The van der Waals surface area contributed by atoms with E-state index in [9.17, 15) is 10.1 Å². The van der Waals surface area contributed by atoms with E-state index < -0.39 is 4.92 Å². The van der Waals surface area contributed by atoms with Gasteiger partial charge in [0.05, 0.1) is 4.92 Å². The maximum Gasteiger partial charge on any atom is 0.287 e. The molecule has 0 spiro atoms. The number of rotatable bonds is 1. The molecule has 0 fully saturated rings. The summed E-state index contributed by atoms with van der Waals surface area (Å²) < 4.78 is 0. The van der Waals surface area contributed by atoms with Crippen LogP contribution < -0.4 is 0 Å². The van der Waals surface area contributed by atoms with Crippen molar-refractivity contribution in [1.29, 1.82) is 0 Å². The molecule has 4 nitrogen and oxygen atoms in total. The smallest absolute Gasteiger partial charge is 0.258 e. The van der Waals surface area contributed by atoms with Crippen LogP contribution in [0.25, 0.3) is 0 Å². The van der Waals surface area contributed by atoms with Gasteiger partial charge in [-0.15, -0.1) is 13.2 Å². The van der Waals surface area contributed by atoms with Gasteiger partial charge in [-0.2, -0.15) is 0 Å². The highest BCUT2D eigenvalue weighted by Gasteiger charge is 2.02. The van der Waals surface area contributed by atoms with Gasteiger partial charge in [0.15, 0.2) is 0 Å². The summed E-state index contributed by atoms with van der Waals surface area (Å²) >= 11 is 5.38. The summed E-state index contributed by atoms with van der Waals surface area (Å²) in [5.41, 5.74) is -0.0515. The van der Waals surface area contributed by atoms with Crippen LogP contribution in [0.15, 0.2) is 31.5 Å². The fourth-order valence-corrected chi connectivity index (χ4v) is 0.588. The molecule has 1 rings (SSSR count). The summed E-state index contributed by atoms with van der Waals surface area (Å²) in [6.07, 6.45) is 1.11. The molecule has 0 aliphatic rings. The van der Waals surface area contributed by atoms with Crippen LogP contribution in [-0.2, 0) is 0 Å². The van der Waals surface area contributed by atoms with Gasteiger partial charge >= 0.3 is 0 Å². The van der Waals surface area contributed by atoms with Gasteiger partial charge in [0.25, 0.3) is 5.69 Å². The standard InChI is InChI=1S/C5H3ClN2O2.C2H4/c6-5-2-1-4(3-7-5)8(9)10;1-2/h1-3H;1-2H2. The number of halogens is 1. The summed E-state index contributed by atoms with van der Waals surface area (Å²) in [6, 6.07) is 2.68. The van der Waals surface area contributed by atoms with E-state index in [4.69, 9.17) is 11.6 Å². The highest BCUT2D eigenvalue weighted by atomic mass is 35.5.